The van der Waals surface area contributed by atoms with Gasteiger partial charge in [0.05, 0.1) is 0 Å². The van der Waals surface area contributed by atoms with Gasteiger partial charge in [-0.3, -0.25) is 0 Å². The van der Waals surface area contributed by atoms with Gasteiger partial charge in [0.1, 0.15) is 5.75 Å². The molecule has 1 fully saturated rings. The molecule has 1 aliphatic carbocycles. The van der Waals surface area contributed by atoms with E-state index in [9.17, 15) is 10.2 Å². The predicted octanol–water partition coefficient (Wildman–Crippen LogP) is 5.70. The minimum Gasteiger partial charge on any atom is -0.507 e. The highest BCUT2D eigenvalue weighted by Gasteiger charge is 2.26. The lowest BCUT2D eigenvalue weighted by Gasteiger charge is -2.29. The lowest BCUT2D eigenvalue weighted by atomic mass is 9.78. The number of phenolic OH excluding ortho intramolecular Hbond substituents is 1. The maximum absolute atomic E-state index is 10.9. The number of aliphatic hydroxyl groups is 1. The molecule has 0 aromatic heterocycles. The Morgan fingerprint density at radius 2 is 1.62 bits per heavy atom. The zero-order chi connectivity index (χ0) is 21.8. The van der Waals surface area contributed by atoms with Gasteiger partial charge in [0.25, 0.3) is 0 Å². The number of aromatic hydroxyl groups is 1. The van der Waals surface area contributed by atoms with Crippen molar-refractivity contribution < 1.29 is 10.2 Å². The Morgan fingerprint density at radius 1 is 1.03 bits per heavy atom. The van der Waals surface area contributed by atoms with Crippen LogP contribution in [0.25, 0.3) is 0 Å². The number of aryl methyl sites for hydroxylation is 1. The molecule has 0 radical (unpaired) electrons. The van der Waals surface area contributed by atoms with Crippen molar-refractivity contribution in [1.82, 2.24) is 5.32 Å². The van der Waals surface area contributed by atoms with Crippen LogP contribution in [-0.2, 0) is 17.3 Å². The Bertz CT molecular complexity index is 619. The number of aliphatic hydroxyl groups excluding tert-OH is 1. The van der Waals surface area contributed by atoms with E-state index in [0.29, 0.717) is 11.8 Å². The Kier molecular flexibility index (Phi) is 8.21. The lowest BCUT2D eigenvalue weighted by molar-refractivity contribution is 0.202. The third kappa shape index (κ3) is 7.00. The summed E-state index contributed by atoms with van der Waals surface area (Å²) in [7, 11) is 0. The molecule has 3 atom stereocenters. The van der Waals surface area contributed by atoms with Crippen LogP contribution in [0.5, 0.6) is 5.75 Å². The van der Waals surface area contributed by atoms with E-state index in [4.69, 9.17) is 0 Å². The second kappa shape index (κ2) is 9.83. The quantitative estimate of drug-likeness (QED) is 0.547. The van der Waals surface area contributed by atoms with E-state index in [1.54, 1.807) is 0 Å². The summed E-state index contributed by atoms with van der Waals surface area (Å²) in [6.45, 7) is 16.4. The molecule has 2 rings (SSSR count). The van der Waals surface area contributed by atoms with Crippen LogP contribution in [0.4, 0.5) is 0 Å². The molecule has 29 heavy (non-hydrogen) atoms. The van der Waals surface area contributed by atoms with Gasteiger partial charge >= 0.3 is 0 Å². The van der Waals surface area contributed by atoms with E-state index in [1.807, 2.05) is 0 Å². The molecule has 0 amide bonds. The second-order valence-corrected chi connectivity index (χ2v) is 11.5. The number of nitrogens with one attached hydrogen (secondary N) is 1. The average Bonchev–Trinajstić information content (AvgIpc) is 2.61. The topological polar surface area (TPSA) is 52.5 Å². The number of benzene rings is 1. The van der Waals surface area contributed by atoms with E-state index in [0.717, 1.165) is 36.4 Å². The first-order valence-electron chi connectivity index (χ1n) is 11.6. The van der Waals surface area contributed by atoms with Crippen molar-refractivity contribution in [1.29, 1.82) is 0 Å². The number of hydrogen-bond acceptors (Lipinski definition) is 3. The van der Waals surface area contributed by atoms with Crippen LogP contribution < -0.4 is 5.32 Å². The molecule has 0 bridgehead atoms. The zero-order valence-corrected chi connectivity index (χ0v) is 19.9. The standard InChI is InChI=1S/C26H45NO2/c1-18-9-8-10-21(13-18)27-16-20(17-28)12-11-19-14-22(25(2,3)4)24(29)23(15-19)26(5,6)7/h14-15,18,20-21,27-29H,8-13,16-17H2,1-7H3. The summed E-state index contributed by atoms with van der Waals surface area (Å²) < 4.78 is 0. The highest BCUT2D eigenvalue weighted by Crippen LogP contribution is 2.40. The summed E-state index contributed by atoms with van der Waals surface area (Å²) in [6, 6.07) is 4.96. The van der Waals surface area contributed by atoms with Crippen molar-refractivity contribution in [2.24, 2.45) is 11.8 Å². The molecule has 166 valence electrons. The SMILES string of the molecule is CC1CCCC(NCC(CO)CCc2cc(C(C)(C)C)c(O)c(C(C)(C)C)c2)C1. The molecular formula is C26H45NO2. The molecule has 0 heterocycles. The van der Waals surface area contributed by atoms with Crippen LogP contribution in [0.15, 0.2) is 12.1 Å². The summed E-state index contributed by atoms with van der Waals surface area (Å²) in [4.78, 5) is 0. The first-order chi connectivity index (χ1) is 13.4. The fraction of sp³-hybridized carbons (Fsp3) is 0.769. The van der Waals surface area contributed by atoms with E-state index in [-0.39, 0.29) is 23.4 Å². The van der Waals surface area contributed by atoms with E-state index < -0.39 is 0 Å². The zero-order valence-electron chi connectivity index (χ0n) is 19.9. The number of phenols is 1. The van der Waals surface area contributed by atoms with E-state index >= 15 is 0 Å². The van der Waals surface area contributed by atoms with Crippen molar-refractivity contribution in [2.45, 2.75) is 104 Å². The monoisotopic (exact) mass is 403 g/mol. The first kappa shape index (κ1) is 24.2. The van der Waals surface area contributed by atoms with Crippen molar-refractivity contribution in [3.8, 4) is 5.75 Å². The third-order valence-corrected chi connectivity index (χ3v) is 6.52. The summed E-state index contributed by atoms with van der Waals surface area (Å²) >= 11 is 0. The molecule has 3 N–H and O–H groups in total. The van der Waals surface area contributed by atoms with Crippen molar-refractivity contribution in [3.63, 3.8) is 0 Å². The fourth-order valence-electron chi connectivity index (χ4n) is 4.56. The minimum absolute atomic E-state index is 0.101. The van der Waals surface area contributed by atoms with Gasteiger partial charge in [-0.25, -0.2) is 0 Å². The molecule has 3 unspecified atom stereocenters. The fourth-order valence-corrected chi connectivity index (χ4v) is 4.56. The largest absolute Gasteiger partial charge is 0.507 e. The summed E-state index contributed by atoms with van der Waals surface area (Å²) in [5.41, 5.74) is 3.11. The van der Waals surface area contributed by atoms with Gasteiger partial charge in [-0.05, 0) is 65.0 Å². The van der Waals surface area contributed by atoms with Crippen LogP contribution in [0.2, 0.25) is 0 Å². The molecule has 0 aliphatic heterocycles. The Labute approximate surface area is 179 Å². The van der Waals surface area contributed by atoms with Gasteiger partial charge < -0.3 is 15.5 Å². The number of rotatable bonds is 7. The molecule has 1 aliphatic rings. The molecule has 1 saturated carbocycles. The predicted molar refractivity (Wildman–Crippen MR) is 124 cm³/mol. The highest BCUT2D eigenvalue weighted by molar-refractivity contribution is 5.49. The van der Waals surface area contributed by atoms with Gasteiger partial charge in [-0.2, -0.15) is 0 Å². The van der Waals surface area contributed by atoms with Gasteiger partial charge in [0.2, 0.25) is 0 Å². The van der Waals surface area contributed by atoms with Crippen molar-refractivity contribution in [2.75, 3.05) is 13.2 Å². The first-order valence-corrected chi connectivity index (χ1v) is 11.6. The van der Waals surface area contributed by atoms with Crippen LogP contribution in [0, 0.1) is 11.8 Å². The van der Waals surface area contributed by atoms with Crippen LogP contribution >= 0.6 is 0 Å². The summed E-state index contributed by atoms with van der Waals surface area (Å²) in [5, 5.41) is 24.5. The van der Waals surface area contributed by atoms with Crippen molar-refractivity contribution >= 4 is 0 Å². The molecule has 0 saturated heterocycles. The molecule has 0 spiro atoms. The molecule has 1 aromatic rings. The summed E-state index contributed by atoms with van der Waals surface area (Å²) in [6.07, 6.45) is 7.10. The van der Waals surface area contributed by atoms with E-state index in [2.05, 4.69) is 65.9 Å². The van der Waals surface area contributed by atoms with Gasteiger partial charge in [-0.15, -0.1) is 0 Å². The Morgan fingerprint density at radius 3 is 2.10 bits per heavy atom. The van der Waals surface area contributed by atoms with Crippen molar-refractivity contribution in [3.05, 3.63) is 28.8 Å². The van der Waals surface area contributed by atoms with Gasteiger partial charge in [0.15, 0.2) is 0 Å². The third-order valence-electron chi connectivity index (χ3n) is 6.52. The molecule has 1 aromatic carbocycles. The molecular weight excluding hydrogens is 358 g/mol. The maximum atomic E-state index is 10.9. The van der Waals surface area contributed by atoms with E-state index in [1.165, 1.54) is 31.2 Å². The van der Waals surface area contributed by atoms with Gasteiger partial charge in [-0.1, -0.05) is 73.4 Å². The van der Waals surface area contributed by atoms with Crippen LogP contribution in [0.1, 0.15) is 97.3 Å². The molecule has 3 heteroatoms. The van der Waals surface area contributed by atoms with Crippen LogP contribution in [-0.4, -0.2) is 29.4 Å². The Hall–Kier alpha value is -1.06. The maximum Gasteiger partial charge on any atom is 0.123 e. The second-order valence-electron chi connectivity index (χ2n) is 11.5. The average molecular weight is 404 g/mol. The smallest absolute Gasteiger partial charge is 0.123 e. The lowest BCUT2D eigenvalue weighted by Crippen LogP contribution is -2.37. The van der Waals surface area contributed by atoms with Gasteiger partial charge in [0, 0.05) is 19.2 Å². The summed E-state index contributed by atoms with van der Waals surface area (Å²) in [5.74, 6) is 1.54. The Balaban J connectivity index is 2.07. The normalized spacial score (nSPS) is 21.9. The van der Waals surface area contributed by atoms with Crippen LogP contribution in [0.3, 0.4) is 0 Å². The molecule has 3 nitrogen and oxygen atoms in total. The number of hydrogen-bond donors (Lipinski definition) is 3. The highest BCUT2D eigenvalue weighted by atomic mass is 16.3. The minimum atomic E-state index is -0.101.